The molecule has 3 N–H and O–H groups in total. The zero-order valence-corrected chi connectivity index (χ0v) is 9.24. The molecule has 1 aliphatic carbocycles. The third kappa shape index (κ3) is 2.00. The lowest BCUT2D eigenvalue weighted by Gasteiger charge is -2.20. The maximum Gasteiger partial charge on any atom is 0.123 e. The van der Waals surface area contributed by atoms with E-state index in [2.05, 4.69) is 0 Å². The molecule has 0 amide bonds. The molecule has 0 radical (unpaired) electrons. The molecule has 2 nitrogen and oxygen atoms in total. The first kappa shape index (κ1) is 10.5. The Bertz CT molecular complexity index is 342. The smallest absolute Gasteiger partial charge is 0.123 e. The average Bonchev–Trinajstić information content (AvgIpc) is 2.74. The van der Waals surface area contributed by atoms with Crippen LogP contribution in [0, 0.1) is 12.8 Å². The maximum absolute atomic E-state index is 9.95. The molecule has 0 unspecified atom stereocenters. The van der Waals surface area contributed by atoms with Gasteiger partial charge in [0.15, 0.2) is 0 Å². The first-order valence-electron chi connectivity index (χ1n) is 5.74. The van der Waals surface area contributed by atoms with Crippen molar-refractivity contribution in [1.82, 2.24) is 0 Å². The fourth-order valence-corrected chi connectivity index (χ4v) is 2.52. The number of phenolic OH excluding ortho intramolecular Hbond substituents is 1. The average molecular weight is 205 g/mol. The Morgan fingerprint density at radius 3 is 2.67 bits per heavy atom. The predicted molar refractivity (Wildman–Crippen MR) is 61.7 cm³/mol. The van der Waals surface area contributed by atoms with E-state index in [0.717, 1.165) is 11.1 Å². The molecule has 0 aliphatic heterocycles. The minimum absolute atomic E-state index is 0.00685. The molecule has 1 aromatic rings. The molecule has 2 heteroatoms. The number of rotatable bonds is 2. The highest BCUT2D eigenvalue weighted by molar-refractivity contribution is 5.41. The zero-order valence-electron chi connectivity index (χ0n) is 9.24. The van der Waals surface area contributed by atoms with E-state index in [1.165, 1.54) is 25.7 Å². The van der Waals surface area contributed by atoms with Crippen LogP contribution in [0.25, 0.3) is 0 Å². The van der Waals surface area contributed by atoms with Gasteiger partial charge in [0.05, 0.1) is 0 Å². The van der Waals surface area contributed by atoms with Crippen molar-refractivity contribution in [2.75, 3.05) is 0 Å². The monoisotopic (exact) mass is 205 g/mol. The fourth-order valence-electron chi connectivity index (χ4n) is 2.52. The van der Waals surface area contributed by atoms with Crippen molar-refractivity contribution in [3.63, 3.8) is 0 Å². The van der Waals surface area contributed by atoms with Gasteiger partial charge >= 0.3 is 0 Å². The third-order valence-electron chi connectivity index (χ3n) is 3.54. The van der Waals surface area contributed by atoms with E-state index in [-0.39, 0.29) is 6.04 Å². The highest BCUT2D eigenvalue weighted by Gasteiger charge is 2.25. The van der Waals surface area contributed by atoms with E-state index < -0.39 is 0 Å². The molecular weight excluding hydrogens is 186 g/mol. The molecule has 2 rings (SSSR count). The van der Waals surface area contributed by atoms with Crippen LogP contribution >= 0.6 is 0 Å². The van der Waals surface area contributed by atoms with Gasteiger partial charge in [-0.05, 0) is 31.2 Å². The van der Waals surface area contributed by atoms with Gasteiger partial charge in [0.1, 0.15) is 5.75 Å². The Morgan fingerprint density at radius 1 is 1.33 bits per heavy atom. The summed E-state index contributed by atoms with van der Waals surface area (Å²) in [5.74, 6) is 0.939. The van der Waals surface area contributed by atoms with Gasteiger partial charge in [0, 0.05) is 11.6 Å². The molecule has 0 bridgehead atoms. The summed E-state index contributed by atoms with van der Waals surface area (Å²) in [5, 5.41) is 9.95. The molecule has 1 fully saturated rings. The van der Waals surface area contributed by atoms with Crippen molar-refractivity contribution in [2.24, 2.45) is 11.7 Å². The van der Waals surface area contributed by atoms with Gasteiger partial charge in [0.2, 0.25) is 0 Å². The number of benzene rings is 1. The van der Waals surface area contributed by atoms with E-state index in [9.17, 15) is 5.11 Å². The predicted octanol–water partition coefficient (Wildman–Crippen LogP) is 2.89. The van der Waals surface area contributed by atoms with Crippen molar-refractivity contribution in [2.45, 2.75) is 38.6 Å². The standard InChI is InChI=1S/C13H19NO/c1-9-5-4-8-11(13(9)15)12(14)10-6-2-3-7-10/h4-5,8,10,12,15H,2-3,6-7,14H2,1H3/t12-/m0/s1. The summed E-state index contributed by atoms with van der Waals surface area (Å²) in [6, 6.07) is 5.84. The number of para-hydroxylation sites is 1. The Labute approximate surface area is 91.1 Å². The molecule has 0 spiro atoms. The fraction of sp³-hybridized carbons (Fsp3) is 0.538. The summed E-state index contributed by atoms with van der Waals surface area (Å²) in [6.45, 7) is 1.92. The Kier molecular flexibility index (Phi) is 2.96. The number of hydrogen-bond acceptors (Lipinski definition) is 2. The summed E-state index contributed by atoms with van der Waals surface area (Å²) in [5.41, 5.74) is 8.05. The Morgan fingerprint density at radius 2 is 2.00 bits per heavy atom. The van der Waals surface area contributed by atoms with Gasteiger partial charge < -0.3 is 10.8 Å². The number of nitrogens with two attached hydrogens (primary N) is 1. The Hall–Kier alpha value is -1.02. The minimum atomic E-state index is 0.00685. The van der Waals surface area contributed by atoms with E-state index in [4.69, 9.17) is 5.73 Å². The summed E-state index contributed by atoms with van der Waals surface area (Å²) >= 11 is 0. The van der Waals surface area contributed by atoms with Gasteiger partial charge in [-0.2, -0.15) is 0 Å². The van der Waals surface area contributed by atoms with E-state index in [0.29, 0.717) is 11.7 Å². The molecule has 1 atom stereocenters. The second-order valence-corrected chi connectivity index (χ2v) is 4.58. The van der Waals surface area contributed by atoms with Crippen LogP contribution in [-0.2, 0) is 0 Å². The first-order chi connectivity index (χ1) is 7.20. The van der Waals surface area contributed by atoms with Crippen LogP contribution in [0.2, 0.25) is 0 Å². The summed E-state index contributed by atoms with van der Waals surface area (Å²) in [7, 11) is 0. The number of hydrogen-bond donors (Lipinski definition) is 2. The summed E-state index contributed by atoms with van der Waals surface area (Å²) in [4.78, 5) is 0. The molecule has 1 saturated carbocycles. The van der Waals surface area contributed by atoms with Crippen LogP contribution in [0.4, 0.5) is 0 Å². The summed E-state index contributed by atoms with van der Waals surface area (Å²) < 4.78 is 0. The van der Waals surface area contributed by atoms with Crippen molar-refractivity contribution in [3.05, 3.63) is 29.3 Å². The van der Waals surface area contributed by atoms with E-state index >= 15 is 0 Å². The van der Waals surface area contributed by atoms with Gasteiger partial charge in [-0.3, -0.25) is 0 Å². The van der Waals surface area contributed by atoms with E-state index in [1.807, 2.05) is 25.1 Å². The van der Waals surface area contributed by atoms with Gasteiger partial charge in [-0.25, -0.2) is 0 Å². The van der Waals surface area contributed by atoms with Crippen molar-refractivity contribution < 1.29 is 5.11 Å². The molecule has 0 aromatic heterocycles. The van der Waals surface area contributed by atoms with Crippen molar-refractivity contribution in [1.29, 1.82) is 0 Å². The number of aromatic hydroxyl groups is 1. The number of phenols is 1. The van der Waals surface area contributed by atoms with Crippen molar-refractivity contribution in [3.8, 4) is 5.75 Å². The Balaban J connectivity index is 2.24. The van der Waals surface area contributed by atoms with E-state index in [1.54, 1.807) is 0 Å². The molecule has 82 valence electrons. The number of aryl methyl sites for hydroxylation is 1. The molecule has 15 heavy (non-hydrogen) atoms. The quantitative estimate of drug-likeness (QED) is 0.779. The van der Waals surface area contributed by atoms with Crippen LogP contribution in [0.1, 0.15) is 42.9 Å². The van der Waals surface area contributed by atoms with Crippen LogP contribution < -0.4 is 5.73 Å². The minimum Gasteiger partial charge on any atom is -0.507 e. The van der Waals surface area contributed by atoms with Crippen LogP contribution in [0.15, 0.2) is 18.2 Å². The largest absolute Gasteiger partial charge is 0.507 e. The van der Waals surface area contributed by atoms with Crippen molar-refractivity contribution >= 4 is 0 Å². The second-order valence-electron chi connectivity index (χ2n) is 4.58. The highest BCUT2D eigenvalue weighted by atomic mass is 16.3. The molecule has 0 saturated heterocycles. The SMILES string of the molecule is Cc1cccc([C@@H](N)C2CCCC2)c1O. The highest BCUT2D eigenvalue weighted by Crippen LogP contribution is 2.37. The molecule has 1 aromatic carbocycles. The topological polar surface area (TPSA) is 46.2 Å². The second kappa shape index (κ2) is 4.23. The van der Waals surface area contributed by atoms with Crippen LogP contribution in [-0.4, -0.2) is 5.11 Å². The van der Waals surface area contributed by atoms with Crippen LogP contribution in [0.5, 0.6) is 5.75 Å². The first-order valence-corrected chi connectivity index (χ1v) is 5.74. The lowest BCUT2D eigenvalue weighted by molar-refractivity contribution is 0.410. The molecule has 1 aliphatic rings. The third-order valence-corrected chi connectivity index (χ3v) is 3.54. The van der Waals surface area contributed by atoms with Gasteiger partial charge in [-0.1, -0.05) is 31.0 Å². The molecule has 0 heterocycles. The van der Waals surface area contributed by atoms with Crippen LogP contribution in [0.3, 0.4) is 0 Å². The zero-order chi connectivity index (χ0) is 10.8. The molecular formula is C13H19NO. The normalized spacial score (nSPS) is 19.3. The van der Waals surface area contributed by atoms with Gasteiger partial charge in [0.25, 0.3) is 0 Å². The maximum atomic E-state index is 9.95. The lowest BCUT2D eigenvalue weighted by Crippen LogP contribution is -2.19. The lowest BCUT2D eigenvalue weighted by atomic mass is 9.91. The summed E-state index contributed by atoms with van der Waals surface area (Å²) in [6.07, 6.45) is 4.97. The van der Waals surface area contributed by atoms with Gasteiger partial charge in [-0.15, -0.1) is 0 Å².